The molecule has 1 heterocycles. The molecule has 0 aliphatic carbocycles. The summed E-state index contributed by atoms with van der Waals surface area (Å²) in [7, 11) is -1.12. The third-order valence-electron chi connectivity index (χ3n) is 5.52. The number of ketones is 1. The number of hydrogen-bond donors (Lipinski definition) is 0. The van der Waals surface area contributed by atoms with E-state index in [1.54, 1.807) is 66.7 Å². The molecule has 3 aromatic carbocycles. The summed E-state index contributed by atoms with van der Waals surface area (Å²) in [6, 6.07) is 18.4. The Morgan fingerprint density at radius 3 is 2.15 bits per heavy atom. The van der Waals surface area contributed by atoms with Crippen LogP contribution in [0.4, 0.5) is 0 Å². The fourth-order valence-electron chi connectivity index (χ4n) is 3.71. The second-order valence-electron chi connectivity index (χ2n) is 7.42. The molecule has 0 atom stereocenters. The van der Waals surface area contributed by atoms with E-state index in [2.05, 4.69) is 4.98 Å². The lowest BCUT2D eigenvalue weighted by Crippen LogP contribution is -2.13. The minimum Gasteiger partial charge on any atom is -0.493 e. The van der Waals surface area contributed by atoms with Gasteiger partial charge >= 0.3 is 0 Å². The first-order valence-corrected chi connectivity index (χ1v) is 11.9. The molecular weight excluding hydrogens is 438 g/mol. The molecule has 33 heavy (non-hydrogen) atoms. The Morgan fingerprint density at radius 1 is 0.909 bits per heavy atom. The van der Waals surface area contributed by atoms with Gasteiger partial charge in [0.2, 0.25) is 9.84 Å². The highest BCUT2D eigenvalue weighted by molar-refractivity contribution is 7.91. The summed E-state index contributed by atoms with van der Waals surface area (Å²) in [5.41, 5.74) is 1.76. The predicted octanol–water partition coefficient (Wildman–Crippen LogP) is 4.88. The van der Waals surface area contributed by atoms with Crippen LogP contribution in [0.25, 0.3) is 10.9 Å². The van der Waals surface area contributed by atoms with Crippen molar-refractivity contribution in [3.8, 4) is 11.5 Å². The van der Waals surface area contributed by atoms with Gasteiger partial charge in [-0.3, -0.25) is 9.78 Å². The number of benzene rings is 3. The van der Waals surface area contributed by atoms with E-state index in [1.165, 1.54) is 20.4 Å². The van der Waals surface area contributed by atoms with E-state index in [0.29, 0.717) is 22.6 Å². The van der Waals surface area contributed by atoms with Crippen LogP contribution in [0.3, 0.4) is 0 Å². The van der Waals surface area contributed by atoms with E-state index in [-0.39, 0.29) is 20.7 Å². The number of hydrogen-bond acceptors (Lipinski definition) is 6. The minimum atomic E-state index is -4.08. The smallest absolute Gasteiger partial charge is 0.208 e. The second-order valence-corrected chi connectivity index (χ2v) is 9.31. The van der Waals surface area contributed by atoms with Crippen LogP contribution in [0.5, 0.6) is 11.5 Å². The number of sulfone groups is 1. The zero-order valence-corrected chi connectivity index (χ0v) is 19.3. The molecule has 6 nitrogen and oxygen atoms in total. The Morgan fingerprint density at radius 2 is 1.55 bits per heavy atom. The predicted molar refractivity (Wildman–Crippen MR) is 126 cm³/mol. The molecule has 0 fully saturated rings. The normalized spacial score (nSPS) is 11.4. The standard InChI is InChI=1S/C26H23NO5S/c1-4-17-10-12-19(13-11-17)33(29,30)26-20-14-23(31-2)24(32-3)15-22(20)27-16-21(26)25(28)18-8-6-5-7-9-18/h5-16H,4H2,1-3H3. The van der Waals surface area contributed by atoms with Gasteiger partial charge in [-0.1, -0.05) is 49.4 Å². The van der Waals surface area contributed by atoms with Crippen molar-refractivity contribution in [2.45, 2.75) is 23.1 Å². The number of methoxy groups -OCH3 is 2. The molecule has 1 aromatic heterocycles. The first kappa shape index (κ1) is 22.5. The quantitative estimate of drug-likeness (QED) is 0.365. The summed E-state index contributed by atoms with van der Waals surface area (Å²) in [6.45, 7) is 2.00. The highest BCUT2D eigenvalue weighted by atomic mass is 32.2. The van der Waals surface area contributed by atoms with Gasteiger partial charge in [0.15, 0.2) is 17.3 Å². The molecule has 0 radical (unpaired) electrons. The van der Waals surface area contributed by atoms with Crippen LogP contribution in [-0.2, 0) is 16.3 Å². The molecule has 0 unspecified atom stereocenters. The monoisotopic (exact) mass is 461 g/mol. The molecular formula is C26H23NO5S. The molecule has 0 saturated carbocycles. The van der Waals surface area contributed by atoms with Crippen molar-refractivity contribution in [2.24, 2.45) is 0 Å². The number of aryl methyl sites for hydroxylation is 1. The van der Waals surface area contributed by atoms with Crippen molar-refractivity contribution in [3.63, 3.8) is 0 Å². The molecule has 0 spiro atoms. The molecule has 7 heteroatoms. The Balaban J connectivity index is 2.05. The number of rotatable bonds is 7. The maximum absolute atomic E-state index is 13.9. The average Bonchev–Trinajstić information content (AvgIpc) is 2.87. The van der Waals surface area contributed by atoms with E-state index < -0.39 is 15.6 Å². The number of pyridine rings is 1. The minimum absolute atomic E-state index is 0.000452. The van der Waals surface area contributed by atoms with E-state index in [9.17, 15) is 13.2 Å². The van der Waals surface area contributed by atoms with Gasteiger partial charge < -0.3 is 9.47 Å². The van der Waals surface area contributed by atoms with Gasteiger partial charge in [0, 0.05) is 23.2 Å². The summed E-state index contributed by atoms with van der Waals surface area (Å²) >= 11 is 0. The van der Waals surface area contributed by atoms with Crippen LogP contribution in [0.15, 0.2) is 82.7 Å². The molecule has 4 rings (SSSR count). The maximum Gasteiger partial charge on any atom is 0.208 e. The topological polar surface area (TPSA) is 82.6 Å². The van der Waals surface area contributed by atoms with Crippen molar-refractivity contribution >= 4 is 26.5 Å². The number of carbonyl (C=O) groups is 1. The third-order valence-corrected chi connectivity index (χ3v) is 7.39. The molecule has 0 amide bonds. The number of fused-ring (bicyclic) bond motifs is 1. The molecule has 0 aliphatic heterocycles. The van der Waals surface area contributed by atoms with E-state index >= 15 is 0 Å². The number of carbonyl (C=O) groups excluding carboxylic acids is 1. The molecule has 0 bridgehead atoms. The van der Waals surface area contributed by atoms with E-state index in [1.807, 2.05) is 6.92 Å². The summed E-state index contributed by atoms with van der Waals surface area (Å²) in [6.07, 6.45) is 2.10. The Hall–Kier alpha value is -3.71. The fraction of sp³-hybridized carbons (Fsp3) is 0.154. The Labute approximate surface area is 192 Å². The van der Waals surface area contributed by atoms with Crippen molar-refractivity contribution in [2.75, 3.05) is 14.2 Å². The van der Waals surface area contributed by atoms with Crippen LogP contribution in [0.1, 0.15) is 28.4 Å². The summed E-state index contributed by atoms with van der Waals surface area (Å²) < 4.78 is 38.6. The summed E-state index contributed by atoms with van der Waals surface area (Å²) in [5, 5.41) is 0.286. The number of aromatic nitrogens is 1. The van der Waals surface area contributed by atoms with Crippen LogP contribution < -0.4 is 9.47 Å². The zero-order chi connectivity index (χ0) is 23.6. The van der Waals surface area contributed by atoms with Gasteiger partial charge in [0.1, 0.15) is 0 Å². The number of ether oxygens (including phenoxy) is 2. The van der Waals surface area contributed by atoms with Crippen LogP contribution in [0, 0.1) is 0 Å². The second kappa shape index (κ2) is 9.03. The molecule has 0 N–H and O–H groups in total. The first-order chi connectivity index (χ1) is 15.9. The molecule has 4 aromatic rings. The lowest BCUT2D eigenvalue weighted by Gasteiger charge is -2.15. The zero-order valence-electron chi connectivity index (χ0n) is 18.5. The maximum atomic E-state index is 13.9. The highest BCUT2D eigenvalue weighted by Crippen LogP contribution is 2.38. The largest absolute Gasteiger partial charge is 0.493 e. The van der Waals surface area contributed by atoms with Gasteiger partial charge in [0.05, 0.1) is 35.1 Å². The van der Waals surface area contributed by atoms with Gasteiger partial charge in [-0.15, -0.1) is 0 Å². The van der Waals surface area contributed by atoms with E-state index in [0.717, 1.165) is 12.0 Å². The summed E-state index contributed by atoms with van der Waals surface area (Å²) in [4.78, 5) is 17.8. The Bertz CT molecular complexity index is 1430. The van der Waals surface area contributed by atoms with Gasteiger partial charge in [0.25, 0.3) is 0 Å². The lowest BCUT2D eigenvalue weighted by molar-refractivity contribution is 0.103. The van der Waals surface area contributed by atoms with Crippen molar-refractivity contribution < 1.29 is 22.7 Å². The summed E-state index contributed by atoms with van der Waals surface area (Å²) in [5.74, 6) is 0.327. The van der Waals surface area contributed by atoms with Crippen LogP contribution in [0.2, 0.25) is 0 Å². The fourth-order valence-corrected chi connectivity index (χ4v) is 5.33. The van der Waals surface area contributed by atoms with Gasteiger partial charge in [-0.05, 0) is 30.2 Å². The third kappa shape index (κ3) is 4.07. The Kier molecular flexibility index (Phi) is 6.16. The molecule has 0 aliphatic rings. The molecule has 0 saturated heterocycles. The van der Waals surface area contributed by atoms with Gasteiger partial charge in [-0.2, -0.15) is 0 Å². The van der Waals surface area contributed by atoms with Crippen molar-refractivity contribution in [3.05, 3.63) is 89.6 Å². The highest BCUT2D eigenvalue weighted by Gasteiger charge is 2.29. The SMILES string of the molecule is CCc1ccc(S(=O)(=O)c2c(C(=O)c3ccccc3)cnc3cc(OC)c(OC)cc23)cc1. The van der Waals surface area contributed by atoms with Crippen LogP contribution in [-0.4, -0.2) is 33.4 Å². The lowest BCUT2D eigenvalue weighted by atomic mass is 10.0. The first-order valence-electron chi connectivity index (χ1n) is 10.4. The van der Waals surface area contributed by atoms with Crippen molar-refractivity contribution in [1.82, 2.24) is 4.98 Å². The average molecular weight is 462 g/mol. The van der Waals surface area contributed by atoms with Crippen molar-refractivity contribution in [1.29, 1.82) is 0 Å². The van der Waals surface area contributed by atoms with Gasteiger partial charge in [-0.25, -0.2) is 8.42 Å². The number of nitrogens with zero attached hydrogens (tertiary/aromatic N) is 1. The van der Waals surface area contributed by atoms with E-state index in [4.69, 9.17) is 9.47 Å². The molecule has 168 valence electrons. The van der Waals surface area contributed by atoms with Crippen LogP contribution >= 0.6 is 0 Å².